The maximum Gasteiger partial charge on any atom is 0.338 e. The zero-order valence-corrected chi connectivity index (χ0v) is 12.6. The van der Waals surface area contributed by atoms with Crippen LogP contribution < -0.4 is 0 Å². The Bertz CT molecular complexity index is 714. The predicted octanol–water partition coefficient (Wildman–Crippen LogP) is 4.09. The van der Waals surface area contributed by atoms with E-state index in [9.17, 15) is 4.79 Å². The summed E-state index contributed by atoms with van der Waals surface area (Å²) in [5.74, 6) is -0.320. The molecule has 0 N–H and O–H groups in total. The highest BCUT2D eigenvalue weighted by Crippen LogP contribution is 2.23. The minimum atomic E-state index is -0.320. The third kappa shape index (κ3) is 3.19. The summed E-state index contributed by atoms with van der Waals surface area (Å²) < 4.78 is 4.96. The van der Waals surface area contributed by atoms with Gasteiger partial charge in [0.25, 0.3) is 0 Å². The van der Waals surface area contributed by atoms with Crippen LogP contribution in [0.25, 0.3) is 10.9 Å². The standard InChI is InChI=1S/C18H19NO2/c1-4-8-13(5-2)11-14-12-19-16-10-7-6-9-15(16)17(14)18(20)21-3/h4-10,12H,11H2,1-3H3/b8-4-,13-5+. The number of allylic oxidation sites excluding steroid dienone is 4. The van der Waals surface area contributed by atoms with Gasteiger partial charge in [-0.3, -0.25) is 4.98 Å². The van der Waals surface area contributed by atoms with Crippen LogP contribution in [-0.2, 0) is 11.2 Å². The number of esters is 1. The molecule has 3 heteroatoms. The lowest BCUT2D eigenvalue weighted by atomic mass is 9.97. The Morgan fingerprint density at radius 3 is 2.71 bits per heavy atom. The van der Waals surface area contributed by atoms with Gasteiger partial charge in [-0.25, -0.2) is 4.79 Å². The summed E-state index contributed by atoms with van der Waals surface area (Å²) in [6.45, 7) is 3.96. The average molecular weight is 281 g/mol. The van der Waals surface area contributed by atoms with E-state index in [4.69, 9.17) is 4.74 Å². The fourth-order valence-corrected chi connectivity index (χ4v) is 2.35. The number of benzene rings is 1. The Morgan fingerprint density at radius 2 is 2.05 bits per heavy atom. The Balaban J connectivity index is 2.60. The Morgan fingerprint density at radius 1 is 1.29 bits per heavy atom. The molecule has 0 saturated carbocycles. The van der Waals surface area contributed by atoms with Crippen molar-refractivity contribution < 1.29 is 9.53 Å². The predicted molar refractivity (Wildman–Crippen MR) is 85.4 cm³/mol. The molecule has 0 amide bonds. The van der Waals surface area contributed by atoms with Crippen LogP contribution in [0.2, 0.25) is 0 Å². The molecule has 0 atom stereocenters. The number of fused-ring (bicyclic) bond motifs is 1. The molecule has 0 aliphatic heterocycles. The van der Waals surface area contributed by atoms with Gasteiger partial charge in [-0.15, -0.1) is 0 Å². The summed E-state index contributed by atoms with van der Waals surface area (Å²) in [5.41, 5.74) is 3.42. The number of hydrogen-bond acceptors (Lipinski definition) is 3. The van der Waals surface area contributed by atoms with Crippen LogP contribution >= 0.6 is 0 Å². The number of rotatable bonds is 4. The van der Waals surface area contributed by atoms with E-state index in [1.807, 2.05) is 56.3 Å². The van der Waals surface area contributed by atoms with Gasteiger partial charge in [0.2, 0.25) is 0 Å². The maximum absolute atomic E-state index is 12.2. The van der Waals surface area contributed by atoms with Gasteiger partial charge in [0.1, 0.15) is 0 Å². The number of pyridine rings is 1. The van der Waals surface area contributed by atoms with E-state index in [0.29, 0.717) is 12.0 Å². The number of carbonyl (C=O) groups excluding carboxylic acids is 1. The number of aromatic nitrogens is 1. The highest BCUT2D eigenvalue weighted by atomic mass is 16.5. The van der Waals surface area contributed by atoms with Crippen molar-refractivity contribution in [3.8, 4) is 0 Å². The van der Waals surface area contributed by atoms with Crippen LogP contribution in [0.4, 0.5) is 0 Å². The second kappa shape index (κ2) is 6.84. The average Bonchev–Trinajstić information content (AvgIpc) is 2.53. The normalized spacial score (nSPS) is 12.0. The molecule has 108 valence electrons. The Hall–Kier alpha value is -2.42. The number of nitrogens with zero attached hydrogens (tertiary/aromatic N) is 1. The molecule has 0 spiro atoms. The molecule has 1 aromatic carbocycles. The van der Waals surface area contributed by atoms with E-state index < -0.39 is 0 Å². The van der Waals surface area contributed by atoms with Crippen molar-refractivity contribution in [1.82, 2.24) is 4.98 Å². The molecule has 21 heavy (non-hydrogen) atoms. The minimum absolute atomic E-state index is 0.320. The lowest BCUT2D eigenvalue weighted by Gasteiger charge is -2.11. The molecule has 2 rings (SSSR count). The van der Waals surface area contributed by atoms with Gasteiger partial charge in [-0.1, -0.05) is 36.4 Å². The number of ether oxygens (including phenoxy) is 1. The molecule has 0 fully saturated rings. The van der Waals surface area contributed by atoms with Gasteiger partial charge >= 0.3 is 5.97 Å². The molecule has 3 nitrogen and oxygen atoms in total. The highest BCUT2D eigenvalue weighted by Gasteiger charge is 2.17. The first-order valence-electron chi connectivity index (χ1n) is 6.94. The van der Waals surface area contributed by atoms with Crippen molar-refractivity contribution in [3.63, 3.8) is 0 Å². The van der Waals surface area contributed by atoms with Crippen molar-refractivity contribution in [2.24, 2.45) is 0 Å². The van der Waals surface area contributed by atoms with Crippen molar-refractivity contribution >= 4 is 16.9 Å². The van der Waals surface area contributed by atoms with E-state index in [1.54, 1.807) is 6.20 Å². The van der Waals surface area contributed by atoms with E-state index >= 15 is 0 Å². The second-order valence-electron chi connectivity index (χ2n) is 4.71. The molecular weight excluding hydrogens is 262 g/mol. The van der Waals surface area contributed by atoms with Crippen molar-refractivity contribution in [1.29, 1.82) is 0 Å². The summed E-state index contributed by atoms with van der Waals surface area (Å²) in [5, 5.41) is 0.831. The van der Waals surface area contributed by atoms with E-state index in [-0.39, 0.29) is 5.97 Å². The lowest BCUT2D eigenvalue weighted by Crippen LogP contribution is -2.08. The molecule has 0 bridgehead atoms. The maximum atomic E-state index is 12.2. The number of hydrogen-bond donors (Lipinski definition) is 0. The summed E-state index contributed by atoms with van der Waals surface area (Å²) >= 11 is 0. The molecule has 0 unspecified atom stereocenters. The molecule has 0 radical (unpaired) electrons. The SMILES string of the molecule is C/C=C\C(=C/C)Cc1cnc2ccccc2c1C(=O)OC. The molecule has 1 heterocycles. The molecule has 0 saturated heterocycles. The number of carbonyl (C=O) groups is 1. The van der Waals surface area contributed by atoms with Gasteiger partial charge in [0.15, 0.2) is 0 Å². The van der Waals surface area contributed by atoms with Gasteiger partial charge < -0.3 is 4.74 Å². The zero-order chi connectivity index (χ0) is 15.2. The van der Waals surface area contributed by atoms with Gasteiger partial charge in [0.05, 0.1) is 18.2 Å². The number of methoxy groups -OCH3 is 1. The van der Waals surface area contributed by atoms with E-state index in [2.05, 4.69) is 4.98 Å². The van der Waals surface area contributed by atoms with Crippen LogP contribution in [0.3, 0.4) is 0 Å². The van der Waals surface area contributed by atoms with Crippen LogP contribution in [0.15, 0.2) is 54.3 Å². The first-order chi connectivity index (χ1) is 10.2. The second-order valence-corrected chi connectivity index (χ2v) is 4.71. The van der Waals surface area contributed by atoms with Crippen molar-refractivity contribution in [3.05, 3.63) is 65.4 Å². The monoisotopic (exact) mass is 281 g/mol. The van der Waals surface area contributed by atoms with Crippen LogP contribution in [0.1, 0.15) is 29.8 Å². The van der Waals surface area contributed by atoms with Crippen molar-refractivity contribution in [2.75, 3.05) is 7.11 Å². The largest absolute Gasteiger partial charge is 0.465 e. The van der Waals surface area contributed by atoms with Crippen LogP contribution in [0, 0.1) is 0 Å². The Labute approximate surface area is 125 Å². The van der Waals surface area contributed by atoms with Gasteiger partial charge in [-0.05, 0) is 37.5 Å². The van der Waals surface area contributed by atoms with E-state index in [0.717, 1.165) is 22.0 Å². The molecule has 1 aromatic heterocycles. The lowest BCUT2D eigenvalue weighted by molar-refractivity contribution is 0.0602. The summed E-state index contributed by atoms with van der Waals surface area (Å²) in [6, 6.07) is 7.62. The summed E-state index contributed by atoms with van der Waals surface area (Å²) in [6.07, 6.45) is 8.48. The Kier molecular flexibility index (Phi) is 4.88. The minimum Gasteiger partial charge on any atom is -0.465 e. The quantitative estimate of drug-likeness (QED) is 0.626. The van der Waals surface area contributed by atoms with Crippen LogP contribution in [0.5, 0.6) is 0 Å². The van der Waals surface area contributed by atoms with Crippen molar-refractivity contribution in [2.45, 2.75) is 20.3 Å². The molecule has 2 aromatic rings. The molecular formula is C18H19NO2. The zero-order valence-electron chi connectivity index (χ0n) is 12.6. The smallest absolute Gasteiger partial charge is 0.338 e. The molecule has 0 aliphatic carbocycles. The number of para-hydroxylation sites is 1. The first kappa shape index (κ1) is 15.0. The van der Waals surface area contributed by atoms with Gasteiger partial charge in [0, 0.05) is 11.6 Å². The van der Waals surface area contributed by atoms with Crippen LogP contribution in [-0.4, -0.2) is 18.1 Å². The summed E-state index contributed by atoms with van der Waals surface area (Å²) in [4.78, 5) is 16.6. The third-order valence-corrected chi connectivity index (χ3v) is 3.39. The topological polar surface area (TPSA) is 39.2 Å². The van der Waals surface area contributed by atoms with E-state index in [1.165, 1.54) is 7.11 Å². The first-order valence-corrected chi connectivity index (χ1v) is 6.94. The van der Waals surface area contributed by atoms with Gasteiger partial charge in [-0.2, -0.15) is 0 Å². The fraction of sp³-hybridized carbons (Fsp3) is 0.222. The fourth-order valence-electron chi connectivity index (χ4n) is 2.35. The molecule has 0 aliphatic rings. The summed E-state index contributed by atoms with van der Waals surface area (Å²) in [7, 11) is 1.41. The highest BCUT2D eigenvalue weighted by molar-refractivity contribution is 6.04. The third-order valence-electron chi connectivity index (χ3n) is 3.39.